The first kappa shape index (κ1) is 29.4. The molecule has 6 heteroatoms. The van der Waals surface area contributed by atoms with Crippen LogP contribution < -0.4 is 16.4 Å². The smallest absolute Gasteiger partial charge is 0.248 e. The average Bonchev–Trinajstić information content (AvgIpc) is 2.84. The number of benzene rings is 1. The molecule has 188 valence electrons. The number of nitrogens with one attached hydrogen (secondary N) is 2. The topological polar surface area (TPSA) is 101 Å². The van der Waals surface area contributed by atoms with Gasteiger partial charge in [0.1, 0.15) is 0 Å². The van der Waals surface area contributed by atoms with Crippen molar-refractivity contribution in [1.29, 1.82) is 0 Å². The van der Waals surface area contributed by atoms with Crippen molar-refractivity contribution in [1.82, 2.24) is 5.32 Å². The highest BCUT2D eigenvalue weighted by molar-refractivity contribution is 5.97. The van der Waals surface area contributed by atoms with Crippen LogP contribution >= 0.6 is 0 Å². The van der Waals surface area contributed by atoms with E-state index < -0.39 is 5.91 Å². The van der Waals surface area contributed by atoms with Crippen LogP contribution in [0, 0.1) is 0 Å². The first-order chi connectivity index (χ1) is 17.0. The Morgan fingerprint density at radius 1 is 0.800 bits per heavy atom. The number of primary amides is 1. The van der Waals surface area contributed by atoms with Crippen LogP contribution in [0.25, 0.3) is 0 Å². The summed E-state index contributed by atoms with van der Waals surface area (Å²) in [6.07, 6.45) is 28.3. The van der Waals surface area contributed by atoms with Gasteiger partial charge in [0.15, 0.2) is 0 Å². The number of carbonyl (C=O) groups excluding carboxylic acids is 3. The monoisotopic (exact) mass is 477 g/mol. The number of unbranched alkanes of at least 4 members (excludes halogenated alkanes) is 1. The van der Waals surface area contributed by atoms with Gasteiger partial charge in [-0.2, -0.15) is 0 Å². The molecule has 1 rings (SSSR count). The molecule has 0 aliphatic heterocycles. The highest BCUT2D eigenvalue weighted by Gasteiger charge is 2.07. The third-order valence-electron chi connectivity index (χ3n) is 4.81. The van der Waals surface area contributed by atoms with Crippen LogP contribution in [-0.4, -0.2) is 24.3 Å². The summed E-state index contributed by atoms with van der Waals surface area (Å²) in [5.41, 5.74) is 5.99. The highest BCUT2D eigenvalue weighted by atomic mass is 16.2. The minimum Gasteiger partial charge on any atom is -0.366 e. The zero-order valence-electron chi connectivity index (χ0n) is 20.7. The van der Waals surface area contributed by atoms with Gasteiger partial charge in [0.2, 0.25) is 17.7 Å². The summed E-state index contributed by atoms with van der Waals surface area (Å²) in [4.78, 5) is 35.1. The van der Waals surface area contributed by atoms with Crippen LogP contribution in [0.1, 0.15) is 68.6 Å². The van der Waals surface area contributed by atoms with E-state index in [-0.39, 0.29) is 18.4 Å². The molecule has 0 fully saturated rings. The number of amides is 3. The summed E-state index contributed by atoms with van der Waals surface area (Å²) in [5.74, 6) is -1.10. The molecule has 4 N–H and O–H groups in total. The molecule has 0 saturated heterocycles. The summed E-state index contributed by atoms with van der Waals surface area (Å²) >= 11 is 0. The number of anilines is 1. The van der Waals surface area contributed by atoms with Gasteiger partial charge in [-0.05, 0) is 63.1 Å². The predicted octanol–water partition coefficient (Wildman–Crippen LogP) is 5.76. The van der Waals surface area contributed by atoms with E-state index in [1.165, 1.54) is 6.07 Å². The molecule has 0 saturated carbocycles. The van der Waals surface area contributed by atoms with Gasteiger partial charge in [0.25, 0.3) is 0 Å². The lowest BCUT2D eigenvalue weighted by Crippen LogP contribution is -2.32. The van der Waals surface area contributed by atoms with E-state index in [0.717, 1.165) is 44.9 Å². The molecule has 0 bridgehead atoms. The van der Waals surface area contributed by atoms with Crippen molar-refractivity contribution in [3.63, 3.8) is 0 Å². The van der Waals surface area contributed by atoms with Crippen LogP contribution in [0.2, 0.25) is 0 Å². The van der Waals surface area contributed by atoms with Gasteiger partial charge < -0.3 is 16.4 Å². The van der Waals surface area contributed by atoms with Crippen LogP contribution in [0.5, 0.6) is 0 Å². The van der Waals surface area contributed by atoms with Gasteiger partial charge in [0.05, 0.1) is 6.54 Å². The number of carbonyl (C=O) groups is 3. The third-order valence-corrected chi connectivity index (χ3v) is 4.81. The molecule has 1 aromatic carbocycles. The van der Waals surface area contributed by atoms with Gasteiger partial charge in [-0.1, -0.05) is 73.8 Å². The van der Waals surface area contributed by atoms with Crippen LogP contribution in [0.4, 0.5) is 5.69 Å². The molecule has 1 aromatic rings. The highest BCUT2D eigenvalue weighted by Crippen LogP contribution is 2.09. The Balaban J connectivity index is 2.06. The quantitative estimate of drug-likeness (QED) is 0.196. The first-order valence-electron chi connectivity index (χ1n) is 12.2. The Morgan fingerprint density at radius 3 is 1.94 bits per heavy atom. The van der Waals surface area contributed by atoms with E-state index in [0.29, 0.717) is 17.7 Å². The molecule has 6 nitrogen and oxygen atoms in total. The van der Waals surface area contributed by atoms with Gasteiger partial charge in [-0.25, -0.2) is 0 Å². The normalized spacial score (nSPS) is 11.9. The van der Waals surface area contributed by atoms with E-state index in [9.17, 15) is 14.4 Å². The maximum absolute atomic E-state index is 12.0. The minimum absolute atomic E-state index is 0.124. The molecule has 0 spiro atoms. The molecule has 0 heterocycles. The van der Waals surface area contributed by atoms with Crippen LogP contribution in [0.15, 0.2) is 85.0 Å². The summed E-state index contributed by atoms with van der Waals surface area (Å²) in [6, 6.07) is 6.34. The zero-order chi connectivity index (χ0) is 25.6. The fraction of sp³-hybridized carbons (Fsp3) is 0.345. The predicted molar refractivity (Wildman–Crippen MR) is 145 cm³/mol. The van der Waals surface area contributed by atoms with Gasteiger partial charge in [0, 0.05) is 17.7 Å². The van der Waals surface area contributed by atoms with Crippen molar-refractivity contribution in [2.75, 3.05) is 11.9 Å². The lowest BCUT2D eigenvalue weighted by atomic mass is 10.2. The number of hydrogen-bond acceptors (Lipinski definition) is 3. The van der Waals surface area contributed by atoms with Crippen molar-refractivity contribution < 1.29 is 14.4 Å². The fourth-order valence-corrected chi connectivity index (χ4v) is 2.97. The van der Waals surface area contributed by atoms with Crippen molar-refractivity contribution in [3.05, 3.63) is 90.6 Å². The molecule has 0 unspecified atom stereocenters. The second-order valence-electron chi connectivity index (χ2n) is 7.87. The molecule has 0 aliphatic carbocycles. The minimum atomic E-state index is -0.568. The molecule has 35 heavy (non-hydrogen) atoms. The SMILES string of the molecule is CCC=CCC=CCC=CCC=CCC=CCCCC(=O)NCC(=O)Nc1cccc(C(N)=O)c1. The van der Waals surface area contributed by atoms with Crippen molar-refractivity contribution in [2.24, 2.45) is 5.73 Å². The van der Waals surface area contributed by atoms with Crippen LogP contribution in [-0.2, 0) is 9.59 Å². The Hall–Kier alpha value is -3.67. The van der Waals surface area contributed by atoms with E-state index >= 15 is 0 Å². The molecular formula is C29H39N3O3. The van der Waals surface area contributed by atoms with Crippen molar-refractivity contribution >= 4 is 23.4 Å². The Morgan fingerprint density at radius 2 is 1.37 bits per heavy atom. The first-order valence-corrected chi connectivity index (χ1v) is 12.2. The van der Waals surface area contributed by atoms with E-state index in [1.807, 2.05) is 0 Å². The van der Waals surface area contributed by atoms with E-state index in [1.54, 1.807) is 18.2 Å². The number of nitrogens with two attached hydrogens (primary N) is 1. The maximum Gasteiger partial charge on any atom is 0.248 e. The third kappa shape index (κ3) is 16.6. The molecule has 0 atom stereocenters. The zero-order valence-corrected chi connectivity index (χ0v) is 20.7. The van der Waals surface area contributed by atoms with Gasteiger partial charge in [-0.15, -0.1) is 0 Å². The molecular weight excluding hydrogens is 438 g/mol. The van der Waals surface area contributed by atoms with E-state index in [2.05, 4.69) is 78.3 Å². The lowest BCUT2D eigenvalue weighted by Gasteiger charge is -2.07. The van der Waals surface area contributed by atoms with E-state index in [4.69, 9.17) is 5.73 Å². The molecule has 0 radical (unpaired) electrons. The van der Waals surface area contributed by atoms with Gasteiger partial charge >= 0.3 is 0 Å². The summed E-state index contributed by atoms with van der Waals surface area (Å²) < 4.78 is 0. The second-order valence-corrected chi connectivity index (χ2v) is 7.87. The van der Waals surface area contributed by atoms with Gasteiger partial charge in [-0.3, -0.25) is 14.4 Å². The Kier molecular flexibility index (Phi) is 16.6. The van der Waals surface area contributed by atoms with Crippen molar-refractivity contribution in [2.45, 2.75) is 58.3 Å². The van der Waals surface area contributed by atoms with Crippen LogP contribution in [0.3, 0.4) is 0 Å². The number of allylic oxidation sites excluding steroid dienone is 10. The standard InChI is InChI=1S/C29H39N3O3/c1-2-3-4-5-6-7-8-9-10-11-12-13-14-15-16-17-18-22-27(33)31-24-28(34)32-26-21-19-20-25(23-26)29(30)35/h3-4,6-7,9-10,12-13,15-16,19-21,23H,2,5,8,11,14,17-18,22,24H2,1H3,(H2,30,35)(H,31,33)(H,32,34). The summed E-state index contributed by atoms with van der Waals surface area (Å²) in [6.45, 7) is 2.01. The maximum atomic E-state index is 12.0. The summed E-state index contributed by atoms with van der Waals surface area (Å²) in [5, 5.41) is 5.23. The molecule has 3 amide bonds. The number of hydrogen-bond donors (Lipinski definition) is 3. The van der Waals surface area contributed by atoms with Crippen molar-refractivity contribution in [3.8, 4) is 0 Å². The Labute approximate surface area is 209 Å². The molecule has 0 aliphatic rings. The summed E-state index contributed by atoms with van der Waals surface area (Å²) in [7, 11) is 0. The fourth-order valence-electron chi connectivity index (χ4n) is 2.97. The molecule has 0 aromatic heterocycles. The average molecular weight is 478 g/mol. The number of rotatable bonds is 17. The Bertz CT molecular complexity index is 927. The second kappa shape index (κ2) is 19.8. The lowest BCUT2D eigenvalue weighted by molar-refractivity contribution is -0.124. The largest absolute Gasteiger partial charge is 0.366 e.